The number of amides is 1. The van der Waals surface area contributed by atoms with Crippen LogP contribution in [0.3, 0.4) is 0 Å². The fraction of sp³-hybridized carbons (Fsp3) is 0.500. The predicted octanol–water partition coefficient (Wildman–Crippen LogP) is 1.78. The molecule has 0 unspecified atom stereocenters. The number of carboxylic acid groups (broad SMARTS) is 1. The fourth-order valence-electron chi connectivity index (χ4n) is 2.69. The summed E-state index contributed by atoms with van der Waals surface area (Å²) in [7, 11) is 0. The Morgan fingerprint density at radius 3 is 2.43 bits per heavy atom. The summed E-state index contributed by atoms with van der Waals surface area (Å²) in [4.78, 5) is 24.6. The topological polar surface area (TPSA) is 83.6 Å². The number of hydrogen-bond donors (Lipinski definition) is 2. The summed E-state index contributed by atoms with van der Waals surface area (Å²) in [5, 5.41) is 9.24. The molecule has 1 aliphatic heterocycles. The Morgan fingerprint density at radius 1 is 1.33 bits per heavy atom. The van der Waals surface area contributed by atoms with Crippen molar-refractivity contribution in [3.63, 3.8) is 0 Å². The number of nitrogens with zero attached hydrogens (tertiary/aromatic N) is 1. The van der Waals surface area contributed by atoms with Crippen LogP contribution in [0, 0.1) is 12.3 Å². The standard InChI is InChI=1S/C16H22N2O3/c1-11-9-12(14(17)19)3-4-13(11)10-18-7-5-16(2,6-8-18)15(20)21/h3-4,9H,5-8,10H2,1-2H3,(H2,17,19)(H,20,21). The largest absolute Gasteiger partial charge is 0.481 e. The summed E-state index contributed by atoms with van der Waals surface area (Å²) >= 11 is 0. The van der Waals surface area contributed by atoms with Crippen LogP contribution in [-0.4, -0.2) is 35.0 Å². The van der Waals surface area contributed by atoms with E-state index in [4.69, 9.17) is 5.73 Å². The average molecular weight is 290 g/mol. The van der Waals surface area contributed by atoms with Crippen LogP contribution in [0.4, 0.5) is 0 Å². The number of carbonyl (C=O) groups excluding carboxylic acids is 1. The number of piperidine rings is 1. The van der Waals surface area contributed by atoms with Crippen molar-refractivity contribution in [2.45, 2.75) is 33.2 Å². The highest BCUT2D eigenvalue weighted by molar-refractivity contribution is 5.93. The summed E-state index contributed by atoms with van der Waals surface area (Å²) in [6, 6.07) is 5.49. The lowest BCUT2D eigenvalue weighted by molar-refractivity contribution is -0.150. The molecule has 21 heavy (non-hydrogen) atoms. The molecule has 1 heterocycles. The lowest BCUT2D eigenvalue weighted by Crippen LogP contribution is -2.42. The third-order valence-electron chi connectivity index (χ3n) is 4.50. The molecule has 3 N–H and O–H groups in total. The first-order chi connectivity index (χ1) is 9.82. The first-order valence-corrected chi connectivity index (χ1v) is 7.17. The number of carbonyl (C=O) groups is 2. The smallest absolute Gasteiger partial charge is 0.309 e. The Labute approximate surface area is 124 Å². The Balaban J connectivity index is 2.01. The van der Waals surface area contributed by atoms with Crippen molar-refractivity contribution < 1.29 is 14.7 Å². The van der Waals surface area contributed by atoms with Crippen molar-refractivity contribution in [3.8, 4) is 0 Å². The number of hydrogen-bond acceptors (Lipinski definition) is 3. The average Bonchev–Trinajstić information content (AvgIpc) is 2.43. The molecule has 0 saturated carbocycles. The van der Waals surface area contributed by atoms with Gasteiger partial charge in [-0.2, -0.15) is 0 Å². The normalized spacial score (nSPS) is 18.4. The van der Waals surface area contributed by atoms with Crippen molar-refractivity contribution in [1.82, 2.24) is 4.90 Å². The lowest BCUT2D eigenvalue weighted by Gasteiger charge is -2.36. The van der Waals surface area contributed by atoms with Crippen LogP contribution in [-0.2, 0) is 11.3 Å². The van der Waals surface area contributed by atoms with Crippen LogP contribution >= 0.6 is 0 Å². The van der Waals surface area contributed by atoms with E-state index in [-0.39, 0.29) is 0 Å². The Morgan fingerprint density at radius 2 is 1.95 bits per heavy atom. The van der Waals surface area contributed by atoms with E-state index in [1.165, 1.54) is 0 Å². The minimum absolute atomic E-state index is 0.417. The van der Waals surface area contributed by atoms with E-state index in [2.05, 4.69) is 4.90 Å². The molecule has 1 aliphatic rings. The van der Waals surface area contributed by atoms with Gasteiger partial charge in [0.15, 0.2) is 0 Å². The SMILES string of the molecule is Cc1cc(C(N)=O)ccc1CN1CCC(C)(C(=O)O)CC1. The number of rotatable bonds is 4. The van der Waals surface area contributed by atoms with Crippen molar-refractivity contribution in [3.05, 3.63) is 34.9 Å². The highest BCUT2D eigenvalue weighted by Crippen LogP contribution is 2.31. The van der Waals surface area contributed by atoms with E-state index in [0.717, 1.165) is 30.8 Å². The summed E-state index contributed by atoms with van der Waals surface area (Å²) in [5.41, 5.74) is 7.39. The van der Waals surface area contributed by atoms with Gasteiger partial charge in [-0.15, -0.1) is 0 Å². The van der Waals surface area contributed by atoms with Crippen molar-refractivity contribution in [2.75, 3.05) is 13.1 Å². The molecule has 0 atom stereocenters. The Bertz CT molecular complexity index is 561. The summed E-state index contributed by atoms with van der Waals surface area (Å²) in [5.74, 6) is -1.12. The van der Waals surface area contributed by atoms with Gasteiger partial charge in [-0.25, -0.2) is 0 Å². The van der Waals surface area contributed by atoms with Crippen molar-refractivity contribution >= 4 is 11.9 Å². The van der Waals surface area contributed by atoms with Crippen LogP contribution in [0.15, 0.2) is 18.2 Å². The molecule has 0 aliphatic carbocycles. The molecule has 2 rings (SSSR count). The summed E-state index contributed by atoms with van der Waals surface area (Å²) in [6.07, 6.45) is 1.33. The number of benzene rings is 1. The minimum atomic E-state index is -0.704. The molecule has 1 fully saturated rings. The fourth-order valence-corrected chi connectivity index (χ4v) is 2.69. The van der Waals surface area contributed by atoms with Crippen molar-refractivity contribution in [2.24, 2.45) is 11.1 Å². The van der Waals surface area contributed by atoms with Gasteiger partial charge in [-0.3, -0.25) is 14.5 Å². The number of primary amides is 1. The summed E-state index contributed by atoms with van der Waals surface area (Å²) in [6.45, 7) is 6.12. The van der Waals surface area contributed by atoms with E-state index in [1.807, 2.05) is 26.0 Å². The van der Waals surface area contributed by atoms with Gasteiger partial charge < -0.3 is 10.8 Å². The highest BCUT2D eigenvalue weighted by atomic mass is 16.4. The molecule has 5 nitrogen and oxygen atoms in total. The molecule has 0 spiro atoms. The van der Waals surface area contributed by atoms with E-state index < -0.39 is 17.3 Å². The molecule has 0 aromatic heterocycles. The number of carboxylic acids is 1. The second-order valence-electron chi connectivity index (χ2n) is 6.15. The van der Waals surface area contributed by atoms with Gasteiger partial charge in [0, 0.05) is 12.1 Å². The maximum Gasteiger partial charge on any atom is 0.309 e. The third kappa shape index (κ3) is 3.42. The van der Waals surface area contributed by atoms with Crippen LogP contribution in [0.5, 0.6) is 0 Å². The molecule has 1 saturated heterocycles. The zero-order valence-electron chi connectivity index (χ0n) is 12.6. The molecular formula is C16H22N2O3. The van der Waals surface area contributed by atoms with Gasteiger partial charge in [0.25, 0.3) is 0 Å². The van der Waals surface area contributed by atoms with Gasteiger partial charge in [0.2, 0.25) is 5.91 Å². The van der Waals surface area contributed by atoms with Gasteiger partial charge in [0.05, 0.1) is 5.41 Å². The molecule has 5 heteroatoms. The molecule has 114 valence electrons. The second-order valence-corrected chi connectivity index (χ2v) is 6.15. The van der Waals surface area contributed by atoms with Crippen molar-refractivity contribution in [1.29, 1.82) is 0 Å². The monoisotopic (exact) mass is 290 g/mol. The molecule has 1 aromatic rings. The Kier molecular flexibility index (Phi) is 4.32. The van der Waals surface area contributed by atoms with Gasteiger partial charge in [-0.1, -0.05) is 6.07 Å². The van der Waals surface area contributed by atoms with E-state index in [9.17, 15) is 14.7 Å². The van der Waals surface area contributed by atoms with Crippen LogP contribution in [0.1, 0.15) is 41.3 Å². The predicted molar refractivity (Wildman–Crippen MR) is 80.0 cm³/mol. The van der Waals surface area contributed by atoms with Crippen LogP contribution in [0.2, 0.25) is 0 Å². The minimum Gasteiger partial charge on any atom is -0.481 e. The molecule has 1 amide bonds. The zero-order chi connectivity index (χ0) is 15.6. The second kappa shape index (κ2) is 5.85. The number of likely N-dealkylation sites (tertiary alicyclic amines) is 1. The first-order valence-electron chi connectivity index (χ1n) is 7.17. The highest BCUT2D eigenvalue weighted by Gasteiger charge is 2.36. The van der Waals surface area contributed by atoms with E-state index in [0.29, 0.717) is 18.4 Å². The quantitative estimate of drug-likeness (QED) is 0.885. The maximum atomic E-state index is 11.2. The zero-order valence-corrected chi connectivity index (χ0v) is 12.6. The molecule has 0 bridgehead atoms. The van der Waals surface area contributed by atoms with Gasteiger partial charge >= 0.3 is 5.97 Å². The number of aryl methyl sites for hydroxylation is 1. The molecular weight excluding hydrogens is 268 g/mol. The number of nitrogens with two attached hydrogens (primary N) is 1. The Hall–Kier alpha value is -1.88. The van der Waals surface area contributed by atoms with Crippen LogP contribution < -0.4 is 5.73 Å². The summed E-state index contributed by atoms with van der Waals surface area (Å²) < 4.78 is 0. The first kappa shape index (κ1) is 15.5. The lowest BCUT2D eigenvalue weighted by atomic mass is 9.80. The van der Waals surface area contributed by atoms with Gasteiger partial charge in [0.1, 0.15) is 0 Å². The van der Waals surface area contributed by atoms with Gasteiger partial charge in [-0.05, 0) is 63.0 Å². The number of aliphatic carboxylic acids is 1. The third-order valence-corrected chi connectivity index (χ3v) is 4.50. The van der Waals surface area contributed by atoms with E-state index in [1.54, 1.807) is 6.07 Å². The van der Waals surface area contributed by atoms with Crippen LogP contribution in [0.25, 0.3) is 0 Å². The molecule has 1 aromatic carbocycles. The molecule has 0 radical (unpaired) electrons. The van der Waals surface area contributed by atoms with E-state index >= 15 is 0 Å². The maximum absolute atomic E-state index is 11.2.